The maximum atomic E-state index is 5.92. The number of benzene rings is 1. The van der Waals surface area contributed by atoms with Gasteiger partial charge >= 0.3 is 0 Å². The van der Waals surface area contributed by atoms with E-state index in [0.29, 0.717) is 11.7 Å². The molecular formula is C25H34N2S2. The lowest BCUT2D eigenvalue weighted by Gasteiger charge is -2.16. The molecule has 0 saturated heterocycles. The van der Waals surface area contributed by atoms with E-state index >= 15 is 0 Å². The Balaban J connectivity index is 2.15. The second-order valence-corrected chi connectivity index (χ2v) is 9.03. The predicted octanol–water partition coefficient (Wildman–Crippen LogP) is 6.32. The monoisotopic (exact) mass is 426 g/mol. The van der Waals surface area contributed by atoms with Crippen molar-refractivity contribution in [3.63, 3.8) is 0 Å². The highest BCUT2D eigenvalue weighted by atomic mass is 32.1. The number of thiophene rings is 1. The lowest BCUT2D eigenvalue weighted by molar-refractivity contribution is 0.580. The molecule has 0 saturated carbocycles. The fourth-order valence-electron chi connectivity index (χ4n) is 2.99. The van der Waals surface area contributed by atoms with E-state index in [1.807, 2.05) is 6.08 Å². The van der Waals surface area contributed by atoms with Crippen LogP contribution in [0.4, 0.5) is 0 Å². The van der Waals surface area contributed by atoms with E-state index in [0.717, 1.165) is 30.6 Å². The summed E-state index contributed by atoms with van der Waals surface area (Å²) in [6.45, 7) is 13.8. The van der Waals surface area contributed by atoms with Gasteiger partial charge in [0.25, 0.3) is 0 Å². The average molecular weight is 427 g/mol. The molecule has 0 aliphatic rings. The Morgan fingerprint density at radius 2 is 2.07 bits per heavy atom. The summed E-state index contributed by atoms with van der Waals surface area (Å²) in [6, 6.07) is 8.76. The first-order chi connectivity index (χ1) is 13.9. The molecule has 0 amide bonds. The number of allylic oxidation sites excluding steroid dienone is 1. The molecule has 4 heteroatoms. The highest BCUT2D eigenvalue weighted by Crippen LogP contribution is 2.30. The van der Waals surface area contributed by atoms with Crippen molar-refractivity contribution in [2.45, 2.75) is 39.2 Å². The minimum absolute atomic E-state index is 0.00336. The molecule has 0 aliphatic carbocycles. The molecule has 0 aliphatic heterocycles. The van der Waals surface area contributed by atoms with Gasteiger partial charge in [-0.15, -0.1) is 0 Å². The molecule has 156 valence electrons. The second-order valence-electron chi connectivity index (χ2n) is 7.89. The van der Waals surface area contributed by atoms with Crippen molar-refractivity contribution < 1.29 is 0 Å². The molecule has 1 aromatic heterocycles. The predicted molar refractivity (Wildman–Crippen MR) is 135 cm³/mol. The first kappa shape index (κ1) is 23.5. The van der Waals surface area contributed by atoms with Crippen LogP contribution in [0.25, 0.3) is 16.8 Å². The van der Waals surface area contributed by atoms with Crippen molar-refractivity contribution in [3.05, 3.63) is 77.0 Å². The van der Waals surface area contributed by atoms with Crippen molar-refractivity contribution in [2.75, 3.05) is 12.3 Å². The van der Waals surface area contributed by atoms with E-state index in [1.165, 1.54) is 28.7 Å². The summed E-state index contributed by atoms with van der Waals surface area (Å²) in [7, 11) is 0. The molecule has 0 fully saturated rings. The third-order valence-corrected chi connectivity index (χ3v) is 5.92. The van der Waals surface area contributed by atoms with Crippen molar-refractivity contribution in [1.29, 1.82) is 0 Å². The molecule has 1 unspecified atom stereocenters. The molecular weight excluding hydrogens is 392 g/mol. The summed E-state index contributed by atoms with van der Waals surface area (Å²) >= 11 is 5.94. The first-order valence-corrected chi connectivity index (χ1v) is 11.8. The van der Waals surface area contributed by atoms with Crippen LogP contribution in [0.3, 0.4) is 0 Å². The van der Waals surface area contributed by atoms with Crippen LogP contribution >= 0.6 is 24.0 Å². The van der Waals surface area contributed by atoms with Crippen LogP contribution in [0, 0.1) is 5.92 Å². The molecule has 0 spiro atoms. The molecule has 2 rings (SSSR count). The van der Waals surface area contributed by atoms with E-state index < -0.39 is 0 Å². The molecule has 3 N–H and O–H groups in total. The molecule has 29 heavy (non-hydrogen) atoms. The zero-order chi connectivity index (χ0) is 21.2. The Bertz CT molecular complexity index is 819. The second kappa shape index (κ2) is 12.1. The van der Waals surface area contributed by atoms with Gasteiger partial charge in [0.1, 0.15) is 0 Å². The van der Waals surface area contributed by atoms with Gasteiger partial charge in [0, 0.05) is 29.6 Å². The first-order valence-electron chi connectivity index (χ1n) is 10.2. The Kier molecular flexibility index (Phi) is 9.79. The number of rotatable bonds is 12. The molecule has 0 radical (unpaired) electrons. The van der Waals surface area contributed by atoms with E-state index in [2.05, 4.69) is 86.1 Å². The van der Waals surface area contributed by atoms with Crippen molar-refractivity contribution >= 4 is 29.7 Å². The van der Waals surface area contributed by atoms with Crippen LogP contribution in [0.15, 0.2) is 65.9 Å². The van der Waals surface area contributed by atoms with Gasteiger partial charge < -0.3 is 11.1 Å². The van der Waals surface area contributed by atoms with Crippen molar-refractivity contribution in [3.8, 4) is 11.1 Å². The number of hydrogen-bond donors (Lipinski definition) is 3. The largest absolute Gasteiger partial charge is 0.381 e. The minimum Gasteiger partial charge on any atom is -0.381 e. The highest BCUT2D eigenvalue weighted by molar-refractivity contribution is 7.80. The average Bonchev–Trinajstić information content (AvgIpc) is 3.24. The van der Waals surface area contributed by atoms with E-state index in [9.17, 15) is 0 Å². The molecule has 2 aromatic rings. The van der Waals surface area contributed by atoms with Gasteiger partial charge in [-0.3, -0.25) is 0 Å². The Morgan fingerprint density at radius 1 is 1.28 bits per heavy atom. The smallest absolute Gasteiger partial charge is 0.0357 e. The SMILES string of the molecule is C=C(CCC(C)C)CNC(=C)c1cc(C/C=C/C(N)CS)ccc1-c1ccsc1. The van der Waals surface area contributed by atoms with Crippen LogP contribution in [0.1, 0.15) is 37.8 Å². The quantitative estimate of drug-likeness (QED) is 0.274. The molecule has 1 aromatic carbocycles. The number of hydrogen-bond acceptors (Lipinski definition) is 4. The van der Waals surface area contributed by atoms with Gasteiger partial charge in [-0.1, -0.05) is 56.9 Å². The lowest BCUT2D eigenvalue weighted by atomic mass is 9.96. The van der Waals surface area contributed by atoms with E-state index in [4.69, 9.17) is 5.73 Å². The normalized spacial score (nSPS) is 12.4. The van der Waals surface area contributed by atoms with Gasteiger partial charge in [-0.2, -0.15) is 24.0 Å². The summed E-state index contributed by atoms with van der Waals surface area (Å²) in [5.41, 5.74) is 12.9. The van der Waals surface area contributed by atoms with Crippen LogP contribution in [-0.4, -0.2) is 18.3 Å². The molecule has 1 atom stereocenters. The molecule has 1 heterocycles. The minimum atomic E-state index is -0.00336. The van der Waals surface area contributed by atoms with Crippen molar-refractivity contribution in [2.24, 2.45) is 11.7 Å². The van der Waals surface area contributed by atoms with Gasteiger partial charge in [0.2, 0.25) is 0 Å². The third kappa shape index (κ3) is 7.88. The van der Waals surface area contributed by atoms with Crippen LogP contribution < -0.4 is 11.1 Å². The summed E-state index contributed by atoms with van der Waals surface area (Å²) in [5.74, 6) is 1.35. The Labute approximate surface area is 186 Å². The van der Waals surface area contributed by atoms with E-state index in [1.54, 1.807) is 11.3 Å². The zero-order valence-corrected chi connectivity index (χ0v) is 19.4. The van der Waals surface area contributed by atoms with Crippen LogP contribution in [0.5, 0.6) is 0 Å². The fourth-order valence-corrected chi connectivity index (χ4v) is 3.76. The maximum Gasteiger partial charge on any atom is 0.0357 e. The topological polar surface area (TPSA) is 38.0 Å². The van der Waals surface area contributed by atoms with Crippen molar-refractivity contribution in [1.82, 2.24) is 5.32 Å². The number of nitrogens with one attached hydrogen (secondary N) is 1. The van der Waals surface area contributed by atoms with Crippen LogP contribution in [0.2, 0.25) is 0 Å². The summed E-state index contributed by atoms with van der Waals surface area (Å²) in [6.07, 6.45) is 7.20. The third-order valence-electron chi connectivity index (χ3n) is 4.82. The maximum absolute atomic E-state index is 5.92. The van der Waals surface area contributed by atoms with Crippen LogP contribution in [-0.2, 0) is 6.42 Å². The van der Waals surface area contributed by atoms with E-state index in [-0.39, 0.29) is 6.04 Å². The van der Waals surface area contributed by atoms with Gasteiger partial charge in [0.15, 0.2) is 0 Å². The summed E-state index contributed by atoms with van der Waals surface area (Å²) < 4.78 is 0. The summed E-state index contributed by atoms with van der Waals surface area (Å²) in [4.78, 5) is 0. The molecule has 0 bridgehead atoms. The molecule has 2 nitrogen and oxygen atoms in total. The highest BCUT2D eigenvalue weighted by Gasteiger charge is 2.10. The standard InChI is InChI=1S/C25H34N2S2/c1-18(2)8-9-19(3)15-27-20(4)25-14-21(6-5-7-23(26)16-28)10-11-24(25)22-12-13-29-17-22/h5,7,10-14,17-18,23,27-28H,3-4,6,8-9,15-16,26H2,1-2H3/b7-5+. The lowest BCUT2D eigenvalue weighted by Crippen LogP contribution is -2.18. The van der Waals surface area contributed by atoms with Gasteiger partial charge in [-0.25, -0.2) is 0 Å². The Hall–Kier alpha value is -1.75. The number of thiol groups is 1. The number of nitrogens with two attached hydrogens (primary N) is 1. The van der Waals surface area contributed by atoms with Gasteiger partial charge in [-0.05, 0) is 64.8 Å². The Morgan fingerprint density at radius 3 is 2.72 bits per heavy atom. The zero-order valence-electron chi connectivity index (χ0n) is 17.7. The fraction of sp³-hybridized carbons (Fsp3) is 0.360. The summed E-state index contributed by atoms with van der Waals surface area (Å²) in [5, 5.41) is 7.79. The van der Waals surface area contributed by atoms with Gasteiger partial charge in [0.05, 0.1) is 0 Å².